The summed E-state index contributed by atoms with van der Waals surface area (Å²) in [6.45, 7) is 8.09. The van der Waals surface area contributed by atoms with Crippen LogP contribution in [-0.2, 0) is 12.8 Å². The molecule has 4 aromatic rings. The predicted molar refractivity (Wildman–Crippen MR) is 191 cm³/mol. The van der Waals surface area contributed by atoms with Crippen LogP contribution in [0, 0.1) is 0 Å². The second-order valence-corrected chi connectivity index (χ2v) is 11.3. The number of nitrogens with zero attached hydrogens (tertiary/aromatic N) is 8. The summed E-state index contributed by atoms with van der Waals surface area (Å²) in [6, 6.07) is 33.2. The number of hydrogen-bond donors (Lipinski definition) is 0. The van der Waals surface area contributed by atoms with E-state index in [2.05, 4.69) is 70.5 Å². The van der Waals surface area contributed by atoms with Gasteiger partial charge < -0.3 is 0 Å². The van der Waals surface area contributed by atoms with Crippen LogP contribution in [0.15, 0.2) is 117 Å². The van der Waals surface area contributed by atoms with E-state index in [1.807, 2.05) is 61.3 Å². The maximum absolute atomic E-state index is 4.74. The van der Waals surface area contributed by atoms with E-state index in [0.29, 0.717) is 26.2 Å². The summed E-state index contributed by atoms with van der Waals surface area (Å²) in [5, 5.41) is 0. The van der Waals surface area contributed by atoms with E-state index in [1.54, 1.807) is 0 Å². The minimum Gasteiger partial charge on any atom is -0.299 e. The number of hydrogen-bond acceptors (Lipinski definition) is 8. The molecule has 2 aromatic heterocycles. The van der Waals surface area contributed by atoms with Crippen LogP contribution in [0.1, 0.15) is 33.9 Å². The van der Waals surface area contributed by atoms with Crippen LogP contribution in [0.2, 0.25) is 0 Å². The smallest absolute Gasteiger partial charge is 0.0815 e. The van der Waals surface area contributed by atoms with Gasteiger partial charge in [0.1, 0.15) is 0 Å². The van der Waals surface area contributed by atoms with Crippen LogP contribution in [-0.4, -0.2) is 110 Å². The topological polar surface area (TPSA) is 81.7 Å². The molecule has 0 N–H and O–H groups in total. The van der Waals surface area contributed by atoms with Crippen molar-refractivity contribution in [2.24, 2.45) is 20.0 Å². The highest BCUT2D eigenvalue weighted by atomic mass is 15.1. The molecule has 1 aliphatic rings. The van der Waals surface area contributed by atoms with Crippen LogP contribution < -0.4 is 0 Å². The average Bonchev–Trinajstić information content (AvgIpc) is 3.10. The lowest BCUT2D eigenvalue weighted by atomic mass is 10.1. The summed E-state index contributed by atoms with van der Waals surface area (Å²) in [4.78, 5) is 33.2. The number of pyridine rings is 2. The Hall–Kier alpha value is -4.66. The summed E-state index contributed by atoms with van der Waals surface area (Å²) < 4.78 is 0. The molecule has 0 atom stereocenters. The monoisotopic (exact) mass is 612 g/mol. The van der Waals surface area contributed by atoms with Crippen LogP contribution in [0.3, 0.4) is 0 Å². The number of aromatic nitrogens is 2. The van der Waals surface area contributed by atoms with E-state index < -0.39 is 0 Å². The lowest BCUT2D eigenvalue weighted by Crippen LogP contribution is -2.31. The van der Waals surface area contributed by atoms with Gasteiger partial charge in [-0.05, 0) is 48.2 Å². The number of benzene rings is 2. The predicted octanol–water partition coefficient (Wildman–Crippen LogP) is 4.96. The van der Waals surface area contributed by atoms with Crippen molar-refractivity contribution in [1.82, 2.24) is 19.8 Å². The molecule has 0 saturated heterocycles. The van der Waals surface area contributed by atoms with Crippen molar-refractivity contribution >= 4 is 24.9 Å². The summed E-state index contributed by atoms with van der Waals surface area (Å²) in [6.07, 6.45) is 9.46. The van der Waals surface area contributed by atoms with Crippen molar-refractivity contribution in [2.75, 3.05) is 65.4 Å². The summed E-state index contributed by atoms with van der Waals surface area (Å²) >= 11 is 0. The second kappa shape index (κ2) is 19.0. The molecule has 236 valence electrons. The van der Waals surface area contributed by atoms with Gasteiger partial charge in [-0.2, -0.15) is 0 Å². The first-order chi connectivity index (χ1) is 22.8. The number of fused-ring (bicyclic) bond motifs is 4. The standard InChI is InChI=1S/C38H44N8/c1-3-9-33(10-4-1)17-23-45-25-19-39-29-35-13-7-15-37(43-35)31-41-21-27-46(24-18-34-11-5-2-6-12-34)28-22-42-32-38-16-8-14-36(44-38)30-40-20-26-45/h1-16,29-32H,17-28H2. The minimum absolute atomic E-state index is 0.695. The molecule has 0 spiro atoms. The molecule has 2 aromatic carbocycles. The Kier molecular flexibility index (Phi) is 13.5. The highest BCUT2D eigenvalue weighted by Crippen LogP contribution is 2.04. The van der Waals surface area contributed by atoms with Crippen LogP contribution in [0.25, 0.3) is 0 Å². The molecule has 4 bridgehead atoms. The molecular weight excluding hydrogens is 568 g/mol. The molecule has 0 radical (unpaired) electrons. The fourth-order valence-corrected chi connectivity index (χ4v) is 5.19. The van der Waals surface area contributed by atoms with Gasteiger partial charge in [-0.3, -0.25) is 29.8 Å². The maximum Gasteiger partial charge on any atom is 0.0815 e. The maximum atomic E-state index is 4.74. The molecule has 3 heterocycles. The fourth-order valence-electron chi connectivity index (χ4n) is 5.19. The highest BCUT2D eigenvalue weighted by molar-refractivity contribution is 5.82. The van der Waals surface area contributed by atoms with Gasteiger partial charge >= 0.3 is 0 Å². The highest BCUT2D eigenvalue weighted by Gasteiger charge is 2.06. The van der Waals surface area contributed by atoms with Crippen molar-refractivity contribution in [2.45, 2.75) is 12.8 Å². The van der Waals surface area contributed by atoms with Gasteiger partial charge in [0.05, 0.1) is 49.0 Å². The van der Waals surface area contributed by atoms with Crippen molar-refractivity contribution in [3.05, 3.63) is 131 Å². The molecule has 1 aliphatic heterocycles. The molecule has 46 heavy (non-hydrogen) atoms. The third kappa shape index (κ3) is 12.0. The minimum atomic E-state index is 0.695. The Balaban J connectivity index is 1.27. The van der Waals surface area contributed by atoms with E-state index in [0.717, 1.165) is 74.9 Å². The zero-order chi connectivity index (χ0) is 31.5. The van der Waals surface area contributed by atoms with E-state index in [1.165, 1.54) is 11.1 Å². The van der Waals surface area contributed by atoms with Gasteiger partial charge in [-0.1, -0.05) is 72.8 Å². The van der Waals surface area contributed by atoms with Gasteiger partial charge in [0.15, 0.2) is 0 Å². The molecule has 0 saturated carbocycles. The summed E-state index contributed by atoms with van der Waals surface area (Å²) in [5.74, 6) is 0. The molecular formula is C38H44N8. The van der Waals surface area contributed by atoms with Gasteiger partial charge in [-0.25, -0.2) is 9.97 Å². The van der Waals surface area contributed by atoms with Crippen LogP contribution in [0.5, 0.6) is 0 Å². The fraction of sp³-hybridized carbons (Fsp3) is 0.316. The molecule has 0 aliphatic carbocycles. The average molecular weight is 613 g/mol. The SMILES string of the molecule is C1=NCCN(CCc2ccccc2)CCN=Cc2cccc(n2)C=NCCN(CCc2ccccc2)CCN=Cc2cccc1n2. The van der Waals surface area contributed by atoms with Gasteiger partial charge in [0, 0.05) is 64.1 Å². The normalized spacial score (nSPS) is 15.8. The molecule has 0 fully saturated rings. The Morgan fingerprint density at radius 1 is 0.391 bits per heavy atom. The van der Waals surface area contributed by atoms with Crippen LogP contribution in [0.4, 0.5) is 0 Å². The summed E-state index contributed by atoms with van der Waals surface area (Å²) in [5.41, 5.74) is 6.05. The lowest BCUT2D eigenvalue weighted by Gasteiger charge is -2.20. The molecule has 8 heteroatoms. The quantitative estimate of drug-likeness (QED) is 0.309. The van der Waals surface area contributed by atoms with Gasteiger partial charge in [0.2, 0.25) is 0 Å². The molecule has 0 amide bonds. The molecule has 5 rings (SSSR count). The first-order valence-electron chi connectivity index (χ1n) is 16.3. The molecule has 8 nitrogen and oxygen atoms in total. The van der Waals surface area contributed by atoms with Crippen molar-refractivity contribution in [1.29, 1.82) is 0 Å². The number of rotatable bonds is 6. The van der Waals surface area contributed by atoms with Gasteiger partial charge in [-0.15, -0.1) is 0 Å². The zero-order valence-corrected chi connectivity index (χ0v) is 26.6. The van der Waals surface area contributed by atoms with Gasteiger partial charge in [0.25, 0.3) is 0 Å². The second-order valence-electron chi connectivity index (χ2n) is 11.3. The zero-order valence-electron chi connectivity index (χ0n) is 26.6. The van der Waals surface area contributed by atoms with Crippen molar-refractivity contribution < 1.29 is 0 Å². The third-order valence-corrected chi connectivity index (χ3v) is 7.78. The van der Waals surface area contributed by atoms with Crippen LogP contribution >= 0.6 is 0 Å². The van der Waals surface area contributed by atoms with E-state index in [9.17, 15) is 0 Å². The Morgan fingerprint density at radius 2 is 0.717 bits per heavy atom. The van der Waals surface area contributed by atoms with E-state index >= 15 is 0 Å². The number of aliphatic imine (C=N–C) groups is 4. The Morgan fingerprint density at radius 3 is 1.04 bits per heavy atom. The van der Waals surface area contributed by atoms with E-state index in [4.69, 9.17) is 29.9 Å². The largest absolute Gasteiger partial charge is 0.299 e. The molecule has 0 unspecified atom stereocenters. The first kappa shape index (κ1) is 32.7. The Labute approximate surface area is 273 Å². The van der Waals surface area contributed by atoms with Crippen molar-refractivity contribution in [3.8, 4) is 0 Å². The Bertz CT molecular complexity index is 1380. The summed E-state index contributed by atoms with van der Waals surface area (Å²) in [7, 11) is 0. The van der Waals surface area contributed by atoms with Crippen molar-refractivity contribution in [3.63, 3.8) is 0 Å². The van der Waals surface area contributed by atoms with E-state index in [-0.39, 0.29) is 0 Å². The first-order valence-corrected chi connectivity index (χ1v) is 16.3. The lowest BCUT2D eigenvalue weighted by molar-refractivity contribution is 0.293. The third-order valence-electron chi connectivity index (χ3n) is 7.78.